The molecule has 0 spiro atoms. The molecule has 0 saturated heterocycles. The Morgan fingerprint density at radius 2 is 1.59 bits per heavy atom. The summed E-state index contributed by atoms with van der Waals surface area (Å²) in [5, 5.41) is 5.80. The number of rotatable bonds is 6. The standard InChI is InChI=1S/C23H21BrN2O3/c1-15(16-8-4-3-5-9-16)25-22(27)18-10-6-7-11-21(18)26-23(28)19-14-17(29-2)12-13-20(19)24/h3-15H,1-2H3,(H,25,27)(H,26,28). The molecule has 3 rings (SSSR count). The van der Waals surface area contributed by atoms with E-state index in [9.17, 15) is 9.59 Å². The van der Waals surface area contributed by atoms with Crippen LogP contribution < -0.4 is 15.4 Å². The van der Waals surface area contributed by atoms with Crippen molar-refractivity contribution in [3.05, 3.63) is 94.0 Å². The Hall–Kier alpha value is -3.12. The van der Waals surface area contributed by atoms with Crippen molar-refractivity contribution in [2.75, 3.05) is 12.4 Å². The van der Waals surface area contributed by atoms with Crippen LogP contribution in [0.1, 0.15) is 39.2 Å². The number of methoxy groups -OCH3 is 1. The molecule has 0 radical (unpaired) electrons. The van der Waals surface area contributed by atoms with Gasteiger partial charge in [0.05, 0.1) is 30.0 Å². The van der Waals surface area contributed by atoms with Gasteiger partial charge in [0.2, 0.25) is 0 Å². The summed E-state index contributed by atoms with van der Waals surface area (Å²) < 4.78 is 5.83. The van der Waals surface area contributed by atoms with Gasteiger partial charge >= 0.3 is 0 Å². The highest BCUT2D eigenvalue weighted by Crippen LogP contribution is 2.25. The van der Waals surface area contributed by atoms with Gasteiger partial charge in [-0.05, 0) is 58.7 Å². The van der Waals surface area contributed by atoms with Gasteiger partial charge in [0, 0.05) is 4.47 Å². The van der Waals surface area contributed by atoms with Gasteiger partial charge in [0.25, 0.3) is 11.8 Å². The Balaban J connectivity index is 1.80. The molecule has 0 fully saturated rings. The monoisotopic (exact) mass is 452 g/mol. The van der Waals surface area contributed by atoms with E-state index < -0.39 is 0 Å². The van der Waals surface area contributed by atoms with E-state index in [2.05, 4.69) is 26.6 Å². The van der Waals surface area contributed by atoms with Crippen molar-refractivity contribution in [3.8, 4) is 5.75 Å². The molecule has 0 aromatic heterocycles. The Morgan fingerprint density at radius 1 is 0.897 bits per heavy atom. The van der Waals surface area contributed by atoms with Gasteiger partial charge in [-0.1, -0.05) is 42.5 Å². The van der Waals surface area contributed by atoms with E-state index in [1.165, 1.54) is 0 Å². The van der Waals surface area contributed by atoms with Crippen LogP contribution in [0.5, 0.6) is 5.75 Å². The van der Waals surface area contributed by atoms with E-state index in [0.29, 0.717) is 27.0 Å². The van der Waals surface area contributed by atoms with Crippen molar-refractivity contribution < 1.29 is 14.3 Å². The van der Waals surface area contributed by atoms with Crippen molar-refractivity contribution in [3.63, 3.8) is 0 Å². The first-order valence-electron chi connectivity index (χ1n) is 9.09. The van der Waals surface area contributed by atoms with Crippen LogP contribution in [-0.2, 0) is 0 Å². The van der Waals surface area contributed by atoms with E-state index >= 15 is 0 Å². The van der Waals surface area contributed by atoms with E-state index in [0.717, 1.165) is 5.56 Å². The van der Waals surface area contributed by atoms with Crippen LogP contribution in [0.4, 0.5) is 5.69 Å². The number of anilines is 1. The maximum absolute atomic E-state index is 12.8. The molecule has 148 valence electrons. The van der Waals surface area contributed by atoms with Gasteiger partial charge in [-0.2, -0.15) is 0 Å². The molecule has 29 heavy (non-hydrogen) atoms. The summed E-state index contributed by atoms with van der Waals surface area (Å²) in [6.45, 7) is 1.92. The molecule has 0 aliphatic heterocycles. The molecule has 2 N–H and O–H groups in total. The van der Waals surface area contributed by atoms with Crippen LogP contribution in [0.15, 0.2) is 77.3 Å². The summed E-state index contributed by atoms with van der Waals surface area (Å²) in [6, 6.07) is 21.6. The van der Waals surface area contributed by atoms with Crippen molar-refractivity contribution in [1.82, 2.24) is 5.32 Å². The predicted molar refractivity (Wildman–Crippen MR) is 117 cm³/mol. The van der Waals surface area contributed by atoms with Gasteiger partial charge in [-0.3, -0.25) is 9.59 Å². The molecule has 3 aromatic carbocycles. The predicted octanol–water partition coefficient (Wildman–Crippen LogP) is 5.20. The molecule has 1 atom stereocenters. The number of amides is 2. The van der Waals surface area contributed by atoms with E-state index in [-0.39, 0.29) is 17.9 Å². The highest BCUT2D eigenvalue weighted by atomic mass is 79.9. The summed E-state index contributed by atoms with van der Waals surface area (Å²) in [5.74, 6) is -0.0323. The topological polar surface area (TPSA) is 67.4 Å². The van der Waals surface area contributed by atoms with Gasteiger partial charge in [-0.25, -0.2) is 0 Å². The van der Waals surface area contributed by atoms with Crippen LogP contribution in [0.25, 0.3) is 0 Å². The number of carbonyl (C=O) groups excluding carboxylic acids is 2. The van der Waals surface area contributed by atoms with Crippen LogP contribution in [0.3, 0.4) is 0 Å². The Morgan fingerprint density at radius 3 is 2.31 bits per heavy atom. The quantitative estimate of drug-likeness (QED) is 0.539. The maximum Gasteiger partial charge on any atom is 0.256 e. The van der Waals surface area contributed by atoms with Crippen LogP contribution in [-0.4, -0.2) is 18.9 Å². The minimum Gasteiger partial charge on any atom is -0.497 e. The van der Waals surface area contributed by atoms with Crippen molar-refractivity contribution in [2.24, 2.45) is 0 Å². The number of ether oxygens (including phenoxy) is 1. The second-order valence-electron chi connectivity index (χ2n) is 6.45. The molecule has 5 nitrogen and oxygen atoms in total. The Bertz CT molecular complexity index is 1020. The first kappa shape index (κ1) is 20.6. The normalized spacial score (nSPS) is 11.4. The third kappa shape index (κ3) is 5.03. The summed E-state index contributed by atoms with van der Waals surface area (Å²) in [7, 11) is 1.54. The second-order valence-corrected chi connectivity index (χ2v) is 7.31. The summed E-state index contributed by atoms with van der Waals surface area (Å²) in [6.07, 6.45) is 0. The fraction of sp³-hybridized carbons (Fsp3) is 0.130. The SMILES string of the molecule is COc1ccc(Br)c(C(=O)Nc2ccccc2C(=O)NC(C)c2ccccc2)c1. The zero-order valence-corrected chi connectivity index (χ0v) is 17.7. The number of para-hydroxylation sites is 1. The van der Waals surface area contributed by atoms with Crippen LogP contribution in [0, 0.1) is 0 Å². The van der Waals surface area contributed by atoms with Crippen molar-refractivity contribution in [2.45, 2.75) is 13.0 Å². The van der Waals surface area contributed by atoms with Gasteiger partial charge in [0.15, 0.2) is 0 Å². The van der Waals surface area contributed by atoms with E-state index in [4.69, 9.17) is 4.74 Å². The number of benzene rings is 3. The molecule has 6 heteroatoms. The third-order valence-corrected chi connectivity index (χ3v) is 5.18. The first-order valence-corrected chi connectivity index (χ1v) is 9.88. The largest absolute Gasteiger partial charge is 0.497 e. The number of nitrogens with one attached hydrogen (secondary N) is 2. The van der Waals surface area contributed by atoms with Gasteiger partial charge < -0.3 is 15.4 Å². The molecule has 0 aliphatic rings. The molecule has 0 saturated carbocycles. The molecule has 2 amide bonds. The summed E-state index contributed by atoms with van der Waals surface area (Å²) in [5.41, 5.74) is 2.24. The lowest BCUT2D eigenvalue weighted by atomic mass is 10.1. The van der Waals surface area contributed by atoms with Crippen LogP contribution in [0.2, 0.25) is 0 Å². The average molecular weight is 453 g/mol. The maximum atomic E-state index is 12.8. The third-order valence-electron chi connectivity index (χ3n) is 4.49. The number of hydrogen-bond donors (Lipinski definition) is 2. The summed E-state index contributed by atoms with van der Waals surface area (Å²) >= 11 is 3.38. The minimum atomic E-state index is -0.341. The lowest BCUT2D eigenvalue weighted by molar-refractivity contribution is 0.0941. The molecule has 0 aliphatic carbocycles. The van der Waals surface area contributed by atoms with Gasteiger partial charge in [0.1, 0.15) is 5.75 Å². The number of carbonyl (C=O) groups is 2. The highest BCUT2D eigenvalue weighted by molar-refractivity contribution is 9.10. The lowest BCUT2D eigenvalue weighted by Gasteiger charge is -2.16. The van der Waals surface area contributed by atoms with E-state index in [1.54, 1.807) is 49.6 Å². The molecule has 1 unspecified atom stereocenters. The van der Waals surface area contributed by atoms with Gasteiger partial charge in [-0.15, -0.1) is 0 Å². The van der Waals surface area contributed by atoms with Crippen molar-refractivity contribution >= 4 is 33.4 Å². The fourth-order valence-electron chi connectivity index (χ4n) is 2.88. The Labute approximate surface area is 178 Å². The molecule has 3 aromatic rings. The Kier molecular flexibility index (Phi) is 6.67. The second kappa shape index (κ2) is 9.39. The molecular formula is C23H21BrN2O3. The smallest absolute Gasteiger partial charge is 0.256 e. The highest BCUT2D eigenvalue weighted by Gasteiger charge is 2.18. The summed E-state index contributed by atoms with van der Waals surface area (Å²) in [4.78, 5) is 25.6. The number of hydrogen-bond acceptors (Lipinski definition) is 3. The molecular weight excluding hydrogens is 432 g/mol. The molecule has 0 heterocycles. The van der Waals surface area contributed by atoms with E-state index in [1.807, 2.05) is 37.3 Å². The van der Waals surface area contributed by atoms with Crippen molar-refractivity contribution in [1.29, 1.82) is 0 Å². The minimum absolute atomic E-state index is 0.167. The zero-order chi connectivity index (χ0) is 20.8. The lowest BCUT2D eigenvalue weighted by Crippen LogP contribution is -2.28. The zero-order valence-electron chi connectivity index (χ0n) is 16.1. The van der Waals surface area contributed by atoms with Crippen LogP contribution >= 0.6 is 15.9 Å². The molecule has 0 bridgehead atoms. The first-order chi connectivity index (χ1) is 14.0. The number of halogens is 1. The fourth-order valence-corrected chi connectivity index (χ4v) is 3.31. The average Bonchev–Trinajstić information content (AvgIpc) is 2.75.